The zero-order valence-corrected chi connectivity index (χ0v) is 9.94. The molecule has 1 fully saturated rings. The lowest BCUT2D eigenvalue weighted by Gasteiger charge is -2.11. The van der Waals surface area contributed by atoms with Crippen LogP contribution in [0.5, 0.6) is 11.5 Å². The molecule has 92 valence electrons. The predicted octanol–water partition coefficient (Wildman–Crippen LogP) is 1.85. The molecule has 1 aromatic rings. The smallest absolute Gasteiger partial charge is 0.258 e. The number of hydrogen-bond acceptors (Lipinski definition) is 3. The first-order valence-electron chi connectivity index (χ1n) is 5.53. The fourth-order valence-corrected chi connectivity index (χ4v) is 1.99. The maximum Gasteiger partial charge on any atom is 0.258 e. The molecule has 1 saturated carbocycles. The van der Waals surface area contributed by atoms with E-state index in [-0.39, 0.29) is 22.4 Å². The fourth-order valence-electron chi connectivity index (χ4n) is 1.66. The van der Waals surface area contributed by atoms with Crippen molar-refractivity contribution in [2.75, 3.05) is 6.54 Å². The van der Waals surface area contributed by atoms with Gasteiger partial charge in [-0.3, -0.25) is 4.79 Å². The van der Waals surface area contributed by atoms with Crippen molar-refractivity contribution in [3.05, 3.63) is 23.8 Å². The SMILES string of the molecule is O=C(NCC(Cl)C1CC1)c1c(O)cccc1O. The molecule has 0 spiro atoms. The summed E-state index contributed by atoms with van der Waals surface area (Å²) in [7, 11) is 0. The van der Waals surface area contributed by atoms with Crippen molar-refractivity contribution in [3.63, 3.8) is 0 Å². The summed E-state index contributed by atoms with van der Waals surface area (Å²) in [6.45, 7) is 0.346. The summed E-state index contributed by atoms with van der Waals surface area (Å²) in [5.74, 6) is -0.498. The van der Waals surface area contributed by atoms with Crippen LogP contribution in [0.4, 0.5) is 0 Å². The van der Waals surface area contributed by atoms with Gasteiger partial charge in [0, 0.05) is 6.54 Å². The van der Waals surface area contributed by atoms with Crippen molar-refractivity contribution in [1.29, 1.82) is 0 Å². The van der Waals surface area contributed by atoms with E-state index in [0.717, 1.165) is 12.8 Å². The number of amides is 1. The summed E-state index contributed by atoms with van der Waals surface area (Å²) >= 11 is 6.05. The molecule has 0 aromatic heterocycles. The molecule has 0 saturated heterocycles. The zero-order valence-electron chi connectivity index (χ0n) is 9.19. The van der Waals surface area contributed by atoms with Gasteiger partial charge in [0.05, 0.1) is 5.38 Å². The van der Waals surface area contributed by atoms with Crippen LogP contribution in [-0.4, -0.2) is 28.0 Å². The zero-order chi connectivity index (χ0) is 12.4. The minimum Gasteiger partial charge on any atom is -0.507 e. The van der Waals surface area contributed by atoms with Crippen molar-refractivity contribution in [1.82, 2.24) is 5.32 Å². The molecule has 1 aliphatic carbocycles. The normalized spacial score (nSPS) is 16.5. The van der Waals surface area contributed by atoms with Gasteiger partial charge in [0.15, 0.2) is 0 Å². The van der Waals surface area contributed by atoms with Crippen LogP contribution >= 0.6 is 11.6 Å². The number of carbonyl (C=O) groups excluding carboxylic acids is 1. The van der Waals surface area contributed by atoms with Gasteiger partial charge in [0.2, 0.25) is 0 Å². The lowest BCUT2D eigenvalue weighted by atomic mass is 10.1. The van der Waals surface area contributed by atoms with Gasteiger partial charge in [-0.15, -0.1) is 11.6 Å². The Morgan fingerprint density at radius 1 is 1.41 bits per heavy atom. The van der Waals surface area contributed by atoms with E-state index in [1.54, 1.807) is 0 Å². The highest BCUT2D eigenvalue weighted by molar-refractivity contribution is 6.21. The van der Waals surface area contributed by atoms with E-state index in [9.17, 15) is 15.0 Å². The van der Waals surface area contributed by atoms with Gasteiger partial charge in [-0.05, 0) is 30.9 Å². The number of alkyl halides is 1. The van der Waals surface area contributed by atoms with Crippen LogP contribution in [-0.2, 0) is 0 Å². The Kier molecular flexibility index (Phi) is 3.43. The monoisotopic (exact) mass is 255 g/mol. The molecule has 4 nitrogen and oxygen atoms in total. The Hall–Kier alpha value is -1.42. The highest BCUT2D eigenvalue weighted by Crippen LogP contribution is 2.35. The lowest BCUT2D eigenvalue weighted by molar-refractivity contribution is 0.0947. The van der Waals surface area contributed by atoms with Gasteiger partial charge >= 0.3 is 0 Å². The quantitative estimate of drug-likeness (QED) is 0.719. The molecule has 1 unspecified atom stereocenters. The number of phenolic OH excluding ortho intramolecular Hbond substituents is 2. The van der Waals surface area contributed by atoms with Gasteiger partial charge in [-0.2, -0.15) is 0 Å². The third-order valence-electron chi connectivity index (χ3n) is 2.84. The minimum atomic E-state index is -0.507. The van der Waals surface area contributed by atoms with Crippen molar-refractivity contribution in [2.24, 2.45) is 5.92 Å². The molecular formula is C12H14ClNO3. The second-order valence-electron chi connectivity index (χ2n) is 4.23. The Morgan fingerprint density at radius 2 is 2.00 bits per heavy atom. The number of rotatable bonds is 4. The number of carbonyl (C=O) groups is 1. The Labute approximate surface area is 104 Å². The number of aromatic hydroxyl groups is 2. The summed E-state index contributed by atoms with van der Waals surface area (Å²) in [6.07, 6.45) is 2.21. The Bertz CT molecular complexity index is 412. The van der Waals surface area contributed by atoms with Crippen LogP contribution in [0.25, 0.3) is 0 Å². The van der Waals surface area contributed by atoms with Crippen LogP contribution in [0.15, 0.2) is 18.2 Å². The lowest BCUT2D eigenvalue weighted by Crippen LogP contribution is -2.30. The van der Waals surface area contributed by atoms with Gasteiger partial charge in [-0.25, -0.2) is 0 Å². The minimum absolute atomic E-state index is 0.0769. The Morgan fingerprint density at radius 3 is 2.53 bits per heavy atom. The van der Waals surface area contributed by atoms with Gasteiger partial charge in [0.1, 0.15) is 17.1 Å². The molecule has 0 radical (unpaired) electrons. The molecule has 2 rings (SSSR count). The molecule has 1 atom stereocenters. The first-order valence-corrected chi connectivity index (χ1v) is 5.96. The second kappa shape index (κ2) is 4.84. The van der Waals surface area contributed by atoms with Gasteiger partial charge < -0.3 is 15.5 Å². The number of benzene rings is 1. The topological polar surface area (TPSA) is 69.6 Å². The largest absolute Gasteiger partial charge is 0.507 e. The average Bonchev–Trinajstić information content (AvgIpc) is 3.09. The van der Waals surface area contributed by atoms with Crippen molar-refractivity contribution in [2.45, 2.75) is 18.2 Å². The molecule has 17 heavy (non-hydrogen) atoms. The molecule has 3 N–H and O–H groups in total. The third-order valence-corrected chi connectivity index (χ3v) is 3.35. The van der Waals surface area contributed by atoms with Crippen LogP contribution in [0.3, 0.4) is 0 Å². The van der Waals surface area contributed by atoms with Crippen LogP contribution in [0, 0.1) is 5.92 Å². The molecule has 5 heteroatoms. The summed E-state index contributed by atoms with van der Waals surface area (Å²) in [6, 6.07) is 4.18. The molecule has 0 bridgehead atoms. The van der Waals surface area contributed by atoms with Crippen LogP contribution < -0.4 is 5.32 Å². The molecule has 0 aliphatic heterocycles. The van der Waals surface area contributed by atoms with E-state index in [1.165, 1.54) is 18.2 Å². The second-order valence-corrected chi connectivity index (χ2v) is 4.80. The molecule has 0 heterocycles. The van der Waals surface area contributed by atoms with E-state index >= 15 is 0 Å². The van der Waals surface area contributed by atoms with Gasteiger partial charge in [-0.1, -0.05) is 6.07 Å². The molecule has 1 amide bonds. The summed E-state index contributed by atoms with van der Waals surface area (Å²) in [5, 5.41) is 21.5. The summed E-state index contributed by atoms with van der Waals surface area (Å²) in [5.41, 5.74) is -0.104. The highest BCUT2D eigenvalue weighted by atomic mass is 35.5. The van der Waals surface area contributed by atoms with Crippen molar-refractivity contribution >= 4 is 17.5 Å². The third kappa shape index (κ3) is 2.82. The van der Waals surface area contributed by atoms with Crippen molar-refractivity contribution in [3.8, 4) is 11.5 Å². The van der Waals surface area contributed by atoms with Crippen molar-refractivity contribution < 1.29 is 15.0 Å². The van der Waals surface area contributed by atoms with Crippen LogP contribution in [0.2, 0.25) is 0 Å². The van der Waals surface area contributed by atoms with Gasteiger partial charge in [0.25, 0.3) is 5.91 Å². The Balaban J connectivity index is 1.99. The number of hydrogen-bond donors (Lipinski definition) is 3. The molecule has 1 aliphatic rings. The maximum atomic E-state index is 11.7. The average molecular weight is 256 g/mol. The summed E-state index contributed by atoms with van der Waals surface area (Å²) < 4.78 is 0. The number of halogens is 1. The van der Waals surface area contributed by atoms with Crippen LogP contribution in [0.1, 0.15) is 23.2 Å². The number of nitrogens with one attached hydrogen (secondary N) is 1. The molecule has 1 aromatic carbocycles. The maximum absolute atomic E-state index is 11.7. The summed E-state index contributed by atoms with van der Waals surface area (Å²) in [4.78, 5) is 11.7. The fraction of sp³-hybridized carbons (Fsp3) is 0.417. The van der Waals surface area contributed by atoms with E-state index in [1.807, 2.05) is 0 Å². The highest BCUT2D eigenvalue weighted by Gasteiger charge is 2.30. The molecular weight excluding hydrogens is 242 g/mol. The first kappa shape index (κ1) is 12.0. The van der Waals surface area contributed by atoms with E-state index < -0.39 is 5.91 Å². The standard InChI is InChI=1S/C12H14ClNO3/c13-8(7-4-5-7)6-14-12(17)11-9(15)2-1-3-10(11)16/h1-3,7-8,15-16H,4-6H2,(H,14,17). The van der Waals surface area contributed by atoms with E-state index in [4.69, 9.17) is 11.6 Å². The predicted molar refractivity (Wildman–Crippen MR) is 64.5 cm³/mol. The first-order chi connectivity index (χ1) is 8.09. The number of phenols is 2. The van der Waals surface area contributed by atoms with E-state index in [2.05, 4.69) is 5.32 Å². The van der Waals surface area contributed by atoms with E-state index in [0.29, 0.717) is 12.5 Å².